The van der Waals surface area contributed by atoms with Crippen LogP contribution in [0.4, 0.5) is 0 Å². The molecule has 2 bridgehead atoms. The Labute approximate surface area is 314 Å². The predicted octanol–water partition coefficient (Wildman–Crippen LogP) is 3.41. The molecule has 0 aromatic heterocycles. The molecule has 13 nitrogen and oxygen atoms in total. The first-order valence-corrected chi connectivity index (χ1v) is 19.6. The Balaban J connectivity index is 1.76. The van der Waals surface area contributed by atoms with Crippen LogP contribution in [0, 0.1) is 23.7 Å². The van der Waals surface area contributed by atoms with E-state index in [9.17, 15) is 29.4 Å². The number of methoxy groups -OCH3 is 2. The first-order chi connectivity index (χ1) is 25.1. The molecule has 300 valence electrons. The molecule has 4 rings (SSSR count). The van der Waals surface area contributed by atoms with Gasteiger partial charge in [0.2, 0.25) is 5.79 Å². The molecule has 4 heterocycles. The number of esters is 1. The van der Waals surface area contributed by atoms with E-state index in [1.54, 1.807) is 13.8 Å². The lowest BCUT2D eigenvalue weighted by Crippen LogP contribution is -2.64. The Kier molecular flexibility index (Phi) is 15.8. The minimum Gasteiger partial charge on any atom is -0.455 e. The van der Waals surface area contributed by atoms with Crippen LogP contribution in [-0.4, -0.2) is 121 Å². The molecule has 0 radical (unpaired) electrons. The third kappa shape index (κ3) is 10.4. The van der Waals surface area contributed by atoms with E-state index in [1.165, 1.54) is 14.2 Å². The topological polar surface area (TPSA) is 184 Å². The first kappa shape index (κ1) is 43.2. The van der Waals surface area contributed by atoms with Crippen molar-refractivity contribution in [3.05, 3.63) is 23.3 Å². The molecule has 13 heteroatoms. The third-order valence-electron chi connectivity index (χ3n) is 11.7. The molecule has 0 aliphatic carbocycles. The van der Waals surface area contributed by atoms with E-state index in [2.05, 4.69) is 6.92 Å². The molecule has 53 heavy (non-hydrogen) atoms. The lowest BCUT2D eigenvalue weighted by Gasteiger charge is -2.47. The summed E-state index contributed by atoms with van der Waals surface area (Å²) >= 11 is 0. The summed E-state index contributed by atoms with van der Waals surface area (Å²) in [4.78, 5) is 57.1. The summed E-state index contributed by atoms with van der Waals surface area (Å²) in [5, 5.41) is 23.4. The van der Waals surface area contributed by atoms with Crippen molar-refractivity contribution >= 4 is 23.4 Å². The second-order valence-corrected chi connectivity index (χ2v) is 15.9. The van der Waals surface area contributed by atoms with Crippen LogP contribution in [0.1, 0.15) is 98.8 Å². The van der Waals surface area contributed by atoms with Gasteiger partial charge in [0.25, 0.3) is 11.7 Å². The van der Waals surface area contributed by atoms with E-state index in [0.29, 0.717) is 56.5 Å². The molecule has 4 aliphatic rings. The van der Waals surface area contributed by atoms with Crippen molar-refractivity contribution in [1.29, 1.82) is 0 Å². The Morgan fingerprint density at radius 1 is 1.02 bits per heavy atom. The number of ketones is 2. The number of aliphatic hydroxyl groups excluding tert-OH is 1. The number of hydrogen-bond donors (Lipinski definition) is 3. The quantitative estimate of drug-likeness (QED) is 0.212. The fraction of sp³-hybridized carbons (Fsp3) is 0.800. The van der Waals surface area contributed by atoms with Gasteiger partial charge in [-0.25, -0.2) is 4.79 Å². The molecule has 4 aliphatic heterocycles. The molecule has 0 saturated carbocycles. The standard InChI is InChI=1S/C40H64N2O11/c1-8-28-18-23(2)17-24(3)19-32(49-6)36-33(50-7)21-26(5)40(48,53-36)37(45)38(46)42-14-10-9-11-29(42)39(47)52-35(34(41)31(44)22-30(28)43)25(4)20-27-12-15-51-16-13-27/h18,20,23-24,26-27,29,31-36,44,48H,8-17,19,21-22,41H2,1-7H3/b25-20?,28-18+. The van der Waals surface area contributed by atoms with Crippen molar-refractivity contribution in [3.63, 3.8) is 0 Å². The van der Waals surface area contributed by atoms with Crippen LogP contribution in [0.2, 0.25) is 0 Å². The van der Waals surface area contributed by atoms with E-state index in [4.69, 9.17) is 29.4 Å². The number of nitrogens with zero attached hydrogens (tertiary/aromatic N) is 1. The van der Waals surface area contributed by atoms with E-state index in [0.717, 1.165) is 17.7 Å². The molecule has 0 aromatic rings. The second kappa shape index (κ2) is 19.4. The normalized spacial score (nSPS) is 39.4. The molecular formula is C40H64N2O11. The van der Waals surface area contributed by atoms with Gasteiger partial charge in [-0.15, -0.1) is 0 Å². The summed E-state index contributed by atoms with van der Waals surface area (Å²) in [7, 11) is 3.06. The van der Waals surface area contributed by atoms with Crippen molar-refractivity contribution in [2.75, 3.05) is 34.0 Å². The van der Waals surface area contributed by atoms with Crippen molar-refractivity contribution in [1.82, 2.24) is 4.90 Å². The van der Waals surface area contributed by atoms with Crippen molar-refractivity contribution in [2.45, 2.75) is 147 Å². The molecule has 11 unspecified atom stereocenters. The van der Waals surface area contributed by atoms with Gasteiger partial charge in [-0.2, -0.15) is 0 Å². The number of fused-ring (bicyclic) bond motifs is 3. The number of Topliss-reactive ketones (excluding diaryl/α,β-unsaturated/α-hetero) is 2. The SMILES string of the molecule is CC/C1=C\C(C)CC(C)CC(OC)C2OC(O)(C(=O)C(=O)N3CCCCC3C(=O)OC(C(C)=CC3CCOCC3)C(N)C(O)CC1=O)C(C)CC2OC. The number of ether oxygens (including phenoxy) is 5. The van der Waals surface area contributed by atoms with Crippen molar-refractivity contribution < 1.29 is 53.1 Å². The Bertz CT molecular complexity index is 1350. The molecular weight excluding hydrogens is 684 g/mol. The average molecular weight is 749 g/mol. The molecule has 3 saturated heterocycles. The van der Waals surface area contributed by atoms with Crippen LogP contribution in [0.25, 0.3) is 0 Å². The molecule has 4 N–H and O–H groups in total. The number of aliphatic hydroxyl groups is 2. The monoisotopic (exact) mass is 748 g/mol. The van der Waals surface area contributed by atoms with Crippen LogP contribution in [0.3, 0.4) is 0 Å². The number of nitrogens with two attached hydrogens (primary N) is 1. The van der Waals surface area contributed by atoms with Crippen LogP contribution in [0.15, 0.2) is 23.3 Å². The number of cyclic esters (lactones) is 1. The number of hydrogen-bond acceptors (Lipinski definition) is 12. The highest BCUT2D eigenvalue weighted by molar-refractivity contribution is 6.39. The number of carbonyl (C=O) groups is 4. The Morgan fingerprint density at radius 3 is 2.32 bits per heavy atom. The van der Waals surface area contributed by atoms with Gasteiger partial charge in [0.1, 0.15) is 18.2 Å². The van der Waals surface area contributed by atoms with Gasteiger partial charge < -0.3 is 44.5 Å². The van der Waals surface area contributed by atoms with Gasteiger partial charge in [-0.05, 0) is 93.6 Å². The van der Waals surface area contributed by atoms with E-state index >= 15 is 0 Å². The third-order valence-corrected chi connectivity index (χ3v) is 11.7. The summed E-state index contributed by atoms with van der Waals surface area (Å²) < 4.78 is 29.5. The average Bonchev–Trinajstić information content (AvgIpc) is 3.14. The summed E-state index contributed by atoms with van der Waals surface area (Å²) in [6, 6.07) is -2.31. The summed E-state index contributed by atoms with van der Waals surface area (Å²) in [5.74, 6) is -6.36. The lowest BCUT2D eigenvalue weighted by molar-refractivity contribution is -0.302. The van der Waals surface area contributed by atoms with E-state index in [-0.39, 0.29) is 49.3 Å². The minimum atomic E-state index is -2.49. The lowest BCUT2D eigenvalue weighted by atomic mass is 9.81. The number of rotatable bonds is 5. The van der Waals surface area contributed by atoms with Crippen LogP contribution in [-0.2, 0) is 42.9 Å². The number of piperidine rings is 1. The maximum absolute atomic E-state index is 14.1. The Morgan fingerprint density at radius 2 is 1.68 bits per heavy atom. The first-order valence-electron chi connectivity index (χ1n) is 19.6. The zero-order chi connectivity index (χ0) is 39.0. The smallest absolute Gasteiger partial charge is 0.329 e. The van der Waals surface area contributed by atoms with Gasteiger partial charge in [-0.3, -0.25) is 14.4 Å². The molecule has 3 fully saturated rings. The summed E-state index contributed by atoms with van der Waals surface area (Å²) in [6.07, 6.45) is 3.93. The van der Waals surface area contributed by atoms with Crippen molar-refractivity contribution in [3.8, 4) is 0 Å². The minimum absolute atomic E-state index is 0.0151. The maximum Gasteiger partial charge on any atom is 0.329 e. The number of allylic oxidation sites excluding steroid dienone is 3. The fourth-order valence-electron chi connectivity index (χ4n) is 8.57. The molecule has 1 amide bonds. The van der Waals surface area contributed by atoms with Crippen LogP contribution < -0.4 is 5.73 Å². The van der Waals surface area contributed by atoms with Gasteiger partial charge in [-0.1, -0.05) is 39.8 Å². The zero-order valence-electron chi connectivity index (χ0n) is 32.8. The van der Waals surface area contributed by atoms with Gasteiger partial charge in [0, 0.05) is 46.3 Å². The second-order valence-electron chi connectivity index (χ2n) is 15.9. The highest BCUT2D eigenvalue weighted by Gasteiger charge is 2.56. The fourth-order valence-corrected chi connectivity index (χ4v) is 8.57. The maximum atomic E-state index is 14.1. The molecule has 0 spiro atoms. The van der Waals surface area contributed by atoms with Gasteiger partial charge in [0.15, 0.2) is 5.78 Å². The number of amides is 1. The van der Waals surface area contributed by atoms with Gasteiger partial charge >= 0.3 is 5.97 Å². The molecule has 0 aromatic carbocycles. The summed E-state index contributed by atoms with van der Waals surface area (Å²) in [5.41, 5.74) is 7.87. The highest BCUT2D eigenvalue weighted by atomic mass is 16.7. The highest BCUT2D eigenvalue weighted by Crippen LogP contribution is 2.39. The van der Waals surface area contributed by atoms with E-state index in [1.807, 2.05) is 26.0 Å². The number of carbonyl (C=O) groups excluding carboxylic acids is 4. The predicted molar refractivity (Wildman–Crippen MR) is 196 cm³/mol. The summed E-state index contributed by atoms with van der Waals surface area (Å²) in [6.45, 7) is 10.7. The zero-order valence-corrected chi connectivity index (χ0v) is 32.8. The largest absolute Gasteiger partial charge is 0.455 e. The van der Waals surface area contributed by atoms with Gasteiger partial charge in [0.05, 0.1) is 24.4 Å². The Hall–Kier alpha value is -2.52. The van der Waals surface area contributed by atoms with Crippen molar-refractivity contribution in [2.24, 2.45) is 29.4 Å². The van der Waals surface area contributed by atoms with Crippen LogP contribution >= 0.6 is 0 Å². The molecule has 11 atom stereocenters. The van der Waals surface area contributed by atoms with E-state index < -0.39 is 72.0 Å². The van der Waals surface area contributed by atoms with Crippen LogP contribution in [0.5, 0.6) is 0 Å².